The summed E-state index contributed by atoms with van der Waals surface area (Å²) in [5.41, 5.74) is 4.70. The minimum atomic E-state index is 0.0518. The van der Waals surface area contributed by atoms with Crippen LogP contribution < -0.4 is 5.32 Å². The summed E-state index contributed by atoms with van der Waals surface area (Å²) < 4.78 is 0. The van der Waals surface area contributed by atoms with Gasteiger partial charge >= 0.3 is 0 Å². The monoisotopic (exact) mass is 321 g/mol. The van der Waals surface area contributed by atoms with Gasteiger partial charge in [0.1, 0.15) is 0 Å². The molecule has 1 aliphatic heterocycles. The molecular formula is C20H23N3O. The highest BCUT2D eigenvalue weighted by Crippen LogP contribution is 2.26. The average molecular weight is 321 g/mol. The van der Waals surface area contributed by atoms with Gasteiger partial charge < -0.3 is 10.2 Å². The zero-order valence-electron chi connectivity index (χ0n) is 13.9. The molecule has 2 aromatic rings. The lowest BCUT2D eigenvalue weighted by Crippen LogP contribution is -2.48. The molecule has 0 radical (unpaired) electrons. The van der Waals surface area contributed by atoms with Crippen molar-refractivity contribution in [2.24, 2.45) is 0 Å². The zero-order valence-corrected chi connectivity index (χ0v) is 13.9. The topological polar surface area (TPSA) is 45.2 Å². The maximum absolute atomic E-state index is 13.1. The molecule has 1 saturated heterocycles. The molecule has 4 heteroatoms. The quantitative estimate of drug-likeness (QED) is 0.925. The Morgan fingerprint density at radius 3 is 2.88 bits per heavy atom. The lowest BCUT2D eigenvalue weighted by Gasteiger charge is -2.36. The molecule has 0 spiro atoms. The summed E-state index contributed by atoms with van der Waals surface area (Å²) in [6.07, 6.45) is 8.39. The summed E-state index contributed by atoms with van der Waals surface area (Å²) in [6, 6.07) is 10.3. The third-order valence-corrected chi connectivity index (χ3v) is 5.17. The minimum Gasteiger partial charge on any atom is -0.329 e. The summed E-state index contributed by atoms with van der Waals surface area (Å²) in [5, 5.41) is 3.40. The van der Waals surface area contributed by atoms with Crippen molar-refractivity contribution in [3.8, 4) is 0 Å². The highest BCUT2D eigenvalue weighted by molar-refractivity contribution is 5.95. The van der Waals surface area contributed by atoms with Gasteiger partial charge in [-0.05, 0) is 60.6 Å². The normalized spacial score (nSPS) is 20.5. The molecular weight excluding hydrogens is 298 g/mol. The molecule has 124 valence electrons. The number of carbonyl (C=O) groups is 1. The number of piperazine rings is 1. The number of hydrogen-bond donors (Lipinski definition) is 1. The van der Waals surface area contributed by atoms with Crippen LogP contribution >= 0.6 is 0 Å². The lowest BCUT2D eigenvalue weighted by atomic mass is 9.90. The number of aryl methyl sites for hydroxylation is 2. The SMILES string of the molecule is O=C(c1ccc2c(c1)CCCC2)N1CCNCC1c1cccnc1. The molecule has 0 saturated carbocycles. The fourth-order valence-electron chi connectivity index (χ4n) is 3.85. The van der Waals surface area contributed by atoms with Crippen LogP contribution in [0.3, 0.4) is 0 Å². The highest BCUT2D eigenvalue weighted by Gasteiger charge is 2.29. The van der Waals surface area contributed by atoms with Gasteiger partial charge in [-0.2, -0.15) is 0 Å². The number of nitrogens with zero attached hydrogens (tertiary/aromatic N) is 2. The molecule has 2 aliphatic rings. The summed E-state index contributed by atoms with van der Waals surface area (Å²) >= 11 is 0. The smallest absolute Gasteiger partial charge is 0.254 e. The van der Waals surface area contributed by atoms with E-state index in [1.807, 2.05) is 23.2 Å². The van der Waals surface area contributed by atoms with Gasteiger partial charge in [0.2, 0.25) is 0 Å². The Morgan fingerprint density at radius 1 is 1.17 bits per heavy atom. The maximum Gasteiger partial charge on any atom is 0.254 e. The molecule has 0 bridgehead atoms. The van der Waals surface area contributed by atoms with Crippen molar-refractivity contribution in [3.63, 3.8) is 0 Å². The van der Waals surface area contributed by atoms with Gasteiger partial charge in [-0.25, -0.2) is 0 Å². The van der Waals surface area contributed by atoms with Crippen LogP contribution in [0, 0.1) is 0 Å². The number of benzene rings is 1. The Kier molecular flexibility index (Phi) is 4.30. The molecule has 4 nitrogen and oxygen atoms in total. The Balaban J connectivity index is 1.62. The number of amides is 1. The van der Waals surface area contributed by atoms with Gasteiger partial charge in [-0.3, -0.25) is 9.78 Å². The van der Waals surface area contributed by atoms with E-state index in [0.29, 0.717) is 0 Å². The number of carbonyl (C=O) groups excluding carboxylic acids is 1. The fourth-order valence-corrected chi connectivity index (χ4v) is 3.85. The molecule has 1 atom stereocenters. The highest BCUT2D eigenvalue weighted by atomic mass is 16.2. The van der Waals surface area contributed by atoms with E-state index in [-0.39, 0.29) is 11.9 Å². The van der Waals surface area contributed by atoms with Crippen molar-refractivity contribution in [2.45, 2.75) is 31.7 Å². The van der Waals surface area contributed by atoms with E-state index in [4.69, 9.17) is 0 Å². The second-order valence-corrected chi connectivity index (χ2v) is 6.70. The fraction of sp³-hybridized carbons (Fsp3) is 0.400. The summed E-state index contributed by atoms with van der Waals surface area (Å²) in [6.45, 7) is 2.35. The maximum atomic E-state index is 13.1. The first-order chi connectivity index (χ1) is 11.8. The summed E-state index contributed by atoms with van der Waals surface area (Å²) in [7, 11) is 0. The Morgan fingerprint density at radius 2 is 2.04 bits per heavy atom. The first kappa shape index (κ1) is 15.3. The number of pyridine rings is 1. The van der Waals surface area contributed by atoms with Gasteiger partial charge in [0.05, 0.1) is 6.04 Å². The van der Waals surface area contributed by atoms with Crippen LogP contribution in [0.2, 0.25) is 0 Å². The van der Waals surface area contributed by atoms with Crippen molar-refractivity contribution in [3.05, 3.63) is 65.0 Å². The van der Waals surface area contributed by atoms with Crippen LogP contribution in [0.25, 0.3) is 0 Å². The zero-order chi connectivity index (χ0) is 16.4. The number of hydrogen-bond acceptors (Lipinski definition) is 3. The standard InChI is InChI=1S/C20H23N3O/c24-20(17-8-7-15-4-1-2-5-16(15)12-17)23-11-10-22-14-19(23)18-6-3-9-21-13-18/h3,6-9,12-13,19,22H,1-2,4-5,10-11,14H2. The van der Waals surface area contributed by atoms with E-state index in [9.17, 15) is 4.79 Å². The predicted octanol–water partition coefficient (Wildman–Crippen LogP) is 2.75. The molecule has 1 fully saturated rings. The van der Waals surface area contributed by atoms with Crippen LogP contribution in [-0.2, 0) is 12.8 Å². The third-order valence-electron chi connectivity index (χ3n) is 5.17. The third kappa shape index (κ3) is 2.94. The summed E-state index contributed by atoms with van der Waals surface area (Å²) in [5.74, 6) is 0.138. The van der Waals surface area contributed by atoms with Gasteiger partial charge in [0.15, 0.2) is 0 Å². The second-order valence-electron chi connectivity index (χ2n) is 6.70. The van der Waals surface area contributed by atoms with Gasteiger partial charge in [-0.15, -0.1) is 0 Å². The Labute approximate surface area is 142 Å². The van der Waals surface area contributed by atoms with Crippen LogP contribution in [0.4, 0.5) is 0 Å². The molecule has 4 rings (SSSR count). The molecule has 1 amide bonds. The Hall–Kier alpha value is -2.20. The van der Waals surface area contributed by atoms with Crippen molar-refractivity contribution >= 4 is 5.91 Å². The summed E-state index contributed by atoms with van der Waals surface area (Å²) in [4.78, 5) is 19.4. The van der Waals surface area contributed by atoms with E-state index < -0.39 is 0 Å². The molecule has 2 heterocycles. The second kappa shape index (κ2) is 6.73. The molecule has 1 unspecified atom stereocenters. The average Bonchev–Trinajstić information content (AvgIpc) is 2.68. The minimum absolute atomic E-state index is 0.0518. The van der Waals surface area contributed by atoms with Crippen LogP contribution in [0.5, 0.6) is 0 Å². The van der Waals surface area contributed by atoms with E-state index in [0.717, 1.165) is 43.6 Å². The molecule has 1 N–H and O–H groups in total. The van der Waals surface area contributed by atoms with Crippen molar-refractivity contribution < 1.29 is 4.79 Å². The number of aromatic nitrogens is 1. The first-order valence-corrected chi connectivity index (χ1v) is 8.86. The van der Waals surface area contributed by atoms with Crippen molar-refractivity contribution in [1.29, 1.82) is 0 Å². The Bertz CT molecular complexity index is 729. The van der Waals surface area contributed by atoms with Crippen LogP contribution in [0.1, 0.15) is 45.9 Å². The molecule has 1 aromatic heterocycles. The lowest BCUT2D eigenvalue weighted by molar-refractivity contribution is 0.0634. The molecule has 1 aromatic carbocycles. The van der Waals surface area contributed by atoms with E-state index >= 15 is 0 Å². The van der Waals surface area contributed by atoms with Gasteiger partial charge in [0.25, 0.3) is 5.91 Å². The molecule has 24 heavy (non-hydrogen) atoms. The largest absolute Gasteiger partial charge is 0.329 e. The van der Waals surface area contributed by atoms with Crippen molar-refractivity contribution in [1.82, 2.24) is 15.2 Å². The first-order valence-electron chi connectivity index (χ1n) is 8.86. The van der Waals surface area contributed by atoms with Crippen LogP contribution in [-0.4, -0.2) is 35.4 Å². The van der Waals surface area contributed by atoms with Crippen LogP contribution in [0.15, 0.2) is 42.7 Å². The van der Waals surface area contributed by atoms with E-state index in [2.05, 4.69) is 28.5 Å². The van der Waals surface area contributed by atoms with E-state index in [1.54, 1.807) is 6.20 Å². The van der Waals surface area contributed by atoms with Crippen molar-refractivity contribution in [2.75, 3.05) is 19.6 Å². The predicted molar refractivity (Wildman–Crippen MR) is 94.0 cm³/mol. The number of nitrogens with one attached hydrogen (secondary N) is 1. The number of fused-ring (bicyclic) bond motifs is 1. The van der Waals surface area contributed by atoms with Gasteiger partial charge in [-0.1, -0.05) is 12.1 Å². The van der Waals surface area contributed by atoms with E-state index in [1.165, 1.54) is 24.0 Å². The molecule has 1 aliphatic carbocycles. The number of rotatable bonds is 2. The van der Waals surface area contributed by atoms with Gasteiger partial charge in [0, 0.05) is 37.6 Å².